The van der Waals surface area contributed by atoms with E-state index >= 15 is 0 Å². The second-order valence-electron chi connectivity index (χ2n) is 18.4. The van der Waals surface area contributed by atoms with Crippen molar-refractivity contribution in [3.8, 4) is 0 Å². The van der Waals surface area contributed by atoms with Gasteiger partial charge in [0.1, 0.15) is 43.2 Å². The number of phosphoric ester groups is 1. The van der Waals surface area contributed by atoms with Crippen molar-refractivity contribution in [2.45, 2.75) is 268 Å². The van der Waals surface area contributed by atoms with E-state index < -0.39 is 75.7 Å². The van der Waals surface area contributed by atoms with Gasteiger partial charge in [0.05, 0.1) is 6.61 Å². The smallest absolute Gasteiger partial charge is 0.462 e. The number of esters is 2. The third kappa shape index (κ3) is 33.5. The van der Waals surface area contributed by atoms with Gasteiger partial charge in [-0.15, -0.1) is 0 Å². The molecule has 0 aromatic carbocycles. The minimum atomic E-state index is -5.13. The molecule has 1 fully saturated rings. The molecule has 8 atom stereocenters. The molecular weight excluding hydrogens is 864 g/mol. The number of phosphoric acid groups is 1. The summed E-state index contributed by atoms with van der Waals surface area (Å²) in [5, 5.41) is 50.3. The summed E-state index contributed by atoms with van der Waals surface area (Å²) < 4.78 is 33.6. The molecule has 0 bridgehead atoms. The van der Waals surface area contributed by atoms with Crippen molar-refractivity contribution >= 4 is 19.8 Å². The molecule has 6 N–H and O–H groups in total. The first-order chi connectivity index (χ1) is 31.9. The number of ether oxygens (including phenoxy) is 2. The van der Waals surface area contributed by atoms with Crippen molar-refractivity contribution in [3.05, 3.63) is 36.5 Å². The highest BCUT2D eigenvalue weighted by molar-refractivity contribution is 7.47. The van der Waals surface area contributed by atoms with Crippen molar-refractivity contribution in [2.24, 2.45) is 0 Å². The van der Waals surface area contributed by atoms with Gasteiger partial charge in [-0.2, -0.15) is 0 Å². The fraction of sp³-hybridized carbons (Fsp3) is 0.846. The van der Waals surface area contributed by atoms with Crippen molar-refractivity contribution in [1.29, 1.82) is 0 Å². The highest BCUT2D eigenvalue weighted by atomic mass is 31.2. The van der Waals surface area contributed by atoms with Crippen LogP contribution in [0.25, 0.3) is 0 Å². The number of allylic oxidation sites excluding steroid dienone is 6. The quantitative estimate of drug-likeness (QED) is 0.0145. The molecule has 0 aromatic rings. The largest absolute Gasteiger partial charge is 0.472 e. The van der Waals surface area contributed by atoms with E-state index in [1.54, 1.807) is 0 Å². The van der Waals surface area contributed by atoms with Gasteiger partial charge in [-0.25, -0.2) is 4.57 Å². The molecule has 386 valence electrons. The number of aliphatic hydroxyl groups is 5. The third-order valence-electron chi connectivity index (χ3n) is 12.2. The molecule has 0 spiro atoms. The molecule has 14 heteroatoms. The summed E-state index contributed by atoms with van der Waals surface area (Å²) in [6.07, 6.45) is 36.3. The van der Waals surface area contributed by atoms with Crippen LogP contribution in [0.2, 0.25) is 0 Å². The van der Waals surface area contributed by atoms with Gasteiger partial charge in [0.2, 0.25) is 0 Å². The maximum Gasteiger partial charge on any atom is 0.472 e. The lowest BCUT2D eigenvalue weighted by Gasteiger charge is -2.41. The van der Waals surface area contributed by atoms with Gasteiger partial charge >= 0.3 is 19.8 Å². The van der Waals surface area contributed by atoms with E-state index in [2.05, 4.69) is 50.3 Å². The summed E-state index contributed by atoms with van der Waals surface area (Å²) in [6.45, 7) is 3.21. The summed E-state index contributed by atoms with van der Waals surface area (Å²) in [4.78, 5) is 35.8. The van der Waals surface area contributed by atoms with Crippen LogP contribution in [-0.2, 0) is 32.7 Å². The fourth-order valence-corrected chi connectivity index (χ4v) is 9.04. The van der Waals surface area contributed by atoms with Crippen molar-refractivity contribution in [3.63, 3.8) is 0 Å². The standard InChI is InChI=1S/C52H95O13P/c1-3-5-7-9-11-13-15-17-19-20-21-22-23-24-25-27-28-30-32-34-36-38-40-45(53)62-42-44(43-63-66(60,61)65-52-50(58)48(56)47(55)49(57)51(52)59)64-46(54)41-39-37-35-33-31-29-26-18-16-14-12-10-8-6-4-2/h6,8,12,14,18,26,44,47-52,55-59H,3-5,7,9-11,13,15-17,19-25,27-43H2,1-2H3,(H,60,61)/b8-6+,14-12+,26-18+/t44-,47?,48-,49?,50?,51?,52?/m0/s1. The topological polar surface area (TPSA) is 210 Å². The van der Waals surface area contributed by atoms with Crippen LogP contribution in [0, 0.1) is 0 Å². The van der Waals surface area contributed by atoms with Gasteiger partial charge in [0.15, 0.2) is 6.10 Å². The van der Waals surface area contributed by atoms with Crippen LogP contribution in [0.15, 0.2) is 36.5 Å². The molecule has 0 saturated heterocycles. The first kappa shape index (κ1) is 62.1. The van der Waals surface area contributed by atoms with Crippen molar-refractivity contribution < 1.29 is 63.1 Å². The van der Waals surface area contributed by atoms with Crippen LogP contribution >= 0.6 is 7.82 Å². The number of aliphatic hydroxyl groups excluding tert-OH is 5. The van der Waals surface area contributed by atoms with Gasteiger partial charge in [-0.1, -0.05) is 204 Å². The van der Waals surface area contributed by atoms with E-state index in [0.717, 1.165) is 70.6 Å². The number of rotatable bonds is 44. The number of hydrogen-bond donors (Lipinski definition) is 6. The highest BCUT2D eigenvalue weighted by Gasteiger charge is 2.51. The van der Waals surface area contributed by atoms with E-state index in [0.29, 0.717) is 12.8 Å². The van der Waals surface area contributed by atoms with E-state index in [9.17, 15) is 44.6 Å². The second kappa shape index (κ2) is 42.0. The van der Waals surface area contributed by atoms with Gasteiger partial charge < -0.3 is 39.9 Å². The van der Waals surface area contributed by atoms with Crippen LogP contribution < -0.4 is 0 Å². The predicted molar refractivity (Wildman–Crippen MR) is 263 cm³/mol. The zero-order valence-corrected chi connectivity index (χ0v) is 42.1. The van der Waals surface area contributed by atoms with Crippen LogP contribution in [-0.4, -0.2) is 98.3 Å². The molecule has 66 heavy (non-hydrogen) atoms. The summed E-state index contributed by atoms with van der Waals surface area (Å²) in [5.41, 5.74) is 0. The Balaban J connectivity index is 2.35. The molecule has 0 heterocycles. The zero-order chi connectivity index (χ0) is 48.5. The molecule has 13 nitrogen and oxygen atoms in total. The monoisotopic (exact) mass is 959 g/mol. The Labute approximate surface area is 399 Å². The fourth-order valence-electron chi connectivity index (χ4n) is 8.07. The summed E-state index contributed by atoms with van der Waals surface area (Å²) in [5.74, 6) is -1.11. The maximum atomic E-state index is 12.8. The predicted octanol–water partition coefficient (Wildman–Crippen LogP) is 11.3. The molecule has 1 aliphatic carbocycles. The molecule has 1 aliphatic rings. The summed E-state index contributed by atoms with van der Waals surface area (Å²) >= 11 is 0. The minimum Gasteiger partial charge on any atom is -0.462 e. The van der Waals surface area contributed by atoms with E-state index in [4.69, 9.17) is 18.5 Å². The number of hydrogen-bond acceptors (Lipinski definition) is 12. The van der Waals surface area contributed by atoms with Gasteiger partial charge in [0, 0.05) is 12.8 Å². The molecule has 0 aliphatic heterocycles. The Kier molecular flexibility index (Phi) is 39.5. The normalized spacial score (nSPS) is 21.5. The summed E-state index contributed by atoms with van der Waals surface area (Å²) in [7, 11) is -5.13. The lowest BCUT2D eigenvalue weighted by atomic mass is 9.85. The lowest BCUT2D eigenvalue weighted by molar-refractivity contribution is -0.220. The molecule has 0 aromatic heterocycles. The van der Waals surface area contributed by atoms with E-state index in [1.807, 2.05) is 0 Å². The molecule has 1 rings (SSSR count). The van der Waals surface area contributed by atoms with Crippen LogP contribution in [0.4, 0.5) is 0 Å². The first-order valence-electron chi connectivity index (χ1n) is 26.3. The number of carbonyl (C=O) groups is 2. The van der Waals surface area contributed by atoms with E-state index in [1.165, 1.54) is 116 Å². The molecular formula is C52H95O13P. The second-order valence-corrected chi connectivity index (χ2v) is 19.8. The Hall–Kier alpha value is -1.93. The number of unbranched alkanes of at least 4 members (excludes halogenated alkanes) is 26. The van der Waals surface area contributed by atoms with Crippen molar-refractivity contribution in [1.82, 2.24) is 0 Å². The molecule has 1 saturated carbocycles. The minimum absolute atomic E-state index is 0.0788. The van der Waals surface area contributed by atoms with Gasteiger partial charge in [-0.05, 0) is 44.9 Å². The Morgan fingerprint density at radius 3 is 1.32 bits per heavy atom. The van der Waals surface area contributed by atoms with Crippen molar-refractivity contribution in [2.75, 3.05) is 13.2 Å². The lowest BCUT2D eigenvalue weighted by Crippen LogP contribution is -2.64. The number of carbonyl (C=O) groups excluding carboxylic acids is 2. The SMILES string of the molecule is CC/C=C/C/C=C/C/C=C/CCCCCCCC(=O)O[C@@H](COC(=O)CCCCCCCCCCCCCCCCCCCCCCCC)COP(=O)(O)OC1C(O)C(O)C(O)[C@H](O)C1O. The maximum absolute atomic E-state index is 12.8. The average Bonchev–Trinajstić information content (AvgIpc) is 3.30. The first-order valence-corrected chi connectivity index (χ1v) is 27.8. The Morgan fingerprint density at radius 2 is 0.864 bits per heavy atom. The van der Waals surface area contributed by atoms with E-state index in [-0.39, 0.29) is 12.8 Å². The molecule has 6 unspecified atom stereocenters. The zero-order valence-electron chi connectivity index (χ0n) is 41.2. The molecule has 0 radical (unpaired) electrons. The Morgan fingerprint density at radius 1 is 0.485 bits per heavy atom. The molecule has 0 amide bonds. The van der Waals surface area contributed by atoms with Crippen LogP contribution in [0.1, 0.15) is 226 Å². The Bertz CT molecular complexity index is 1290. The van der Waals surface area contributed by atoms with Gasteiger partial charge in [0.25, 0.3) is 0 Å². The average molecular weight is 959 g/mol. The summed E-state index contributed by atoms with van der Waals surface area (Å²) in [6, 6.07) is 0. The van der Waals surface area contributed by atoms with Crippen LogP contribution in [0.3, 0.4) is 0 Å². The van der Waals surface area contributed by atoms with Crippen LogP contribution in [0.5, 0.6) is 0 Å². The highest BCUT2D eigenvalue weighted by Crippen LogP contribution is 2.47. The van der Waals surface area contributed by atoms with Gasteiger partial charge in [-0.3, -0.25) is 18.6 Å². The third-order valence-corrected chi connectivity index (χ3v) is 13.2.